The van der Waals surface area contributed by atoms with Crippen LogP contribution in [0, 0.1) is 5.92 Å². The van der Waals surface area contributed by atoms with Crippen LogP contribution in [-0.2, 0) is 15.1 Å². The third-order valence-corrected chi connectivity index (χ3v) is 5.12. The van der Waals surface area contributed by atoms with Crippen LogP contribution in [0.4, 0.5) is 13.2 Å². The summed E-state index contributed by atoms with van der Waals surface area (Å²) in [5.41, 5.74) is -0.826. The Bertz CT molecular complexity index is 656. The number of aromatic nitrogens is 2. The zero-order chi connectivity index (χ0) is 19.7. The fraction of sp³-hybridized carbons (Fsp3) is 0.824. The molecule has 2 aliphatic rings. The van der Waals surface area contributed by atoms with Crippen molar-refractivity contribution in [1.29, 1.82) is 0 Å². The first-order valence-electron chi connectivity index (χ1n) is 9.21. The molecular weight excluding hydrogens is 365 g/mol. The lowest BCUT2D eigenvalue weighted by molar-refractivity contribution is -0.145. The van der Waals surface area contributed by atoms with E-state index in [9.17, 15) is 18.0 Å². The molecular formula is C17H25F3N4O3. The average Bonchev–Trinajstić information content (AvgIpc) is 3.23. The molecule has 27 heavy (non-hydrogen) atoms. The van der Waals surface area contributed by atoms with Gasteiger partial charge in [-0.05, 0) is 13.0 Å². The predicted molar refractivity (Wildman–Crippen MR) is 88.9 cm³/mol. The fourth-order valence-electron chi connectivity index (χ4n) is 3.56. The Hall–Kier alpha value is -1.68. The number of alkyl halides is 3. The number of carbonyl (C=O) groups is 1. The Kier molecular flexibility index (Phi) is 5.76. The minimum atomic E-state index is -4.26. The molecule has 3 rings (SSSR count). The number of carbonyl (C=O) groups excluding carboxylic acids is 1. The first-order valence-corrected chi connectivity index (χ1v) is 9.21. The predicted octanol–water partition coefficient (Wildman–Crippen LogP) is 2.20. The molecule has 0 saturated carbocycles. The maximum absolute atomic E-state index is 12.8. The minimum Gasteiger partial charge on any atom is -0.381 e. The fourth-order valence-corrected chi connectivity index (χ4v) is 3.56. The second-order valence-electron chi connectivity index (χ2n) is 7.63. The van der Waals surface area contributed by atoms with Crippen molar-refractivity contribution in [2.45, 2.75) is 50.7 Å². The summed E-state index contributed by atoms with van der Waals surface area (Å²) in [4.78, 5) is 18.5. The molecule has 1 aromatic heterocycles. The van der Waals surface area contributed by atoms with Crippen LogP contribution in [0.2, 0.25) is 0 Å². The molecule has 1 atom stereocenters. The van der Waals surface area contributed by atoms with Crippen LogP contribution in [0.3, 0.4) is 0 Å². The standard InChI is InChI=1S/C17H25F3N4O3/c1-11(2)13-21-15(27-23-13)16(4-7-26-8-5-16)22-14(25)12-3-6-24(9-12)10-17(18,19)20/h11-12H,3-10H2,1-2H3,(H,22,25)/t12-/m1/s1. The number of halogens is 3. The molecule has 0 radical (unpaired) electrons. The van der Waals surface area contributed by atoms with E-state index in [0.717, 1.165) is 0 Å². The summed E-state index contributed by atoms with van der Waals surface area (Å²) in [5, 5.41) is 6.98. The minimum absolute atomic E-state index is 0.0841. The number of rotatable bonds is 5. The lowest BCUT2D eigenvalue weighted by Gasteiger charge is -2.35. The molecule has 7 nitrogen and oxygen atoms in total. The molecule has 10 heteroatoms. The highest BCUT2D eigenvalue weighted by Crippen LogP contribution is 2.33. The summed E-state index contributed by atoms with van der Waals surface area (Å²) in [5.74, 6) is 0.224. The normalized spacial score (nSPS) is 23.7. The van der Waals surface area contributed by atoms with E-state index in [1.807, 2.05) is 13.8 Å². The van der Waals surface area contributed by atoms with E-state index in [0.29, 0.717) is 44.2 Å². The molecule has 0 spiro atoms. The third kappa shape index (κ3) is 4.78. The molecule has 0 aromatic carbocycles. The molecule has 0 unspecified atom stereocenters. The van der Waals surface area contributed by atoms with Gasteiger partial charge in [-0.15, -0.1) is 0 Å². The monoisotopic (exact) mass is 390 g/mol. The summed E-state index contributed by atoms with van der Waals surface area (Å²) in [7, 11) is 0. The molecule has 1 N–H and O–H groups in total. The number of nitrogens with one attached hydrogen (secondary N) is 1. The summed E-state index contributed by atoms with van der Waals surface area (Å²) in [6.45, 7) is 4.12. The van der Waals surface area contributed by atoms with E-state index >= 15 is 0 Å². The van der Waals surface area contributed by atoms with Crippen LogP contribution < -0.4 is 5.32 Å². The molecule has 3 heterocycles. The molecule has 2 aliphatic heterocycles. The highest BCUT2D eigenvalue weighted by atomic mass is 19.4. The van der Waals surface area contributed by atoms with Crippen LogP contribution in [-0.4, -0.2) is 60.0 Å². The molecule has 152 valence electrons. The van der Waals surface area contributed by atoms with Crippen molar-refractivity contribution < 1.29 is 27.2 Å². The van der Waals surface area contributed by atoms with Gasteiger partial charge in [0.2, 0.25) is 5.91 Å². The van der Waals surface area contributed by atoms with Crippen molar-refractivity contribution in [1.82, 2.24) is 20.4 Å². The Morgan fingerprint density at radius 2 is 2.07 bits per heavy atom. The number of hydrogen-bond acceptors (Lipinski definition) is 6. The number of amides is 1. The van der Waals surface area contributed by atoms with Gasteiger partial charge in [0.15, 0.2) is 5.82 Å². The number of ether oxygens (including phenoxy) is 1. The summed E-state index contributed by atoms with van der Waals surface area (Å²) >= 11 is 0. The lowest BCUT2D eigenvalue weighted by atomic mass is 9.88. The molecule has 1 aromatic rings. The van der Waals surface area contributed by atoms with Crippen molar-refractivity contribution in [3.8, 4) is 0 Å². The maximum Gasteiger partial charge on any atom is 0.401 e. The van der Waals surface area contributed by atoms with Gasteiger partial charge in [-0.1, -0.05) is 19.0 Å². The van der Waals surface area contributed by atoms with Crippen molar-refractivity contribution in [3.05, 3.63) is 11.7 Å². The SMILES string of the molecule is CC(C)c1noc(C2(NC(=O)[C@@H]3CCN(CC(F)(F)F)C3)CCOCC2)n1. The maximum atomic E-state index is 12.8. The molecule has 2 saturated heterocycles. The quantitative estimate of drug-likeness (QED) is 0.830. The first-order chi connectivity index (χ1) is 12.7. The van der Waals surface area contributed by atoms with Gasteiger partial charge in [0.1, 0.15) is 5.54 Å². The van der Waals surface area contributed by atoms with Gasteiger partial charge in [0, 0.05) is 38.5 Å². The van der Waals surface area contributed by atoms with Crippen LogP contribution in [0.5, 0.6) is 0 Å². The summed E-state index contributed by atoms with van der Waals surface area (Å²) < 4.78 is 48.6. The Labute approximate surface area is 155 Å². The van der Waals surface area contributed by atoms with Gasteiger partial charge in [0.25, 0.3) is 5.89 Å². The van der Waals surface area contributed by atoms with Gasteiger partial charge in [0.05, 0.1) is 12.5 Å². The number of likely N-dealkylation sites (tertiary alicyclic amines) is 1. The average molecular weight is 390 g/mol. The zero-order valence-corrected chi connectivity index (χ0v) is 15.5. The second-order valence-corrected chi connectivity index (χ2v) is 7.63. The molecule has 1 amide bonds. The van der Waals surface area contributed by atoms with Crippen LogP contribution in [0.25, 0.3) is 0 Å². The summed E-state index contributed by atoms with van der Waals surface area (Å²) in [6.07, 6.45) is -2.89. The van der Waals surface area contributed by atoms with Crippen molar-refractivity contribution in [2.24, 2.45) is 5.92 Å². The zero-order valence-electron chi connectivity index (χ0n) is 15.5. The lowest BCUT2D eigenvalue weighted by Crippen LogP contribution is -2.51. The van der Waals surface area contributed by atoms with Crippen LogP contribution in [0.1, 0.15) is 50.7 Å². The van der Waals surface area contributed by atoms with Gasteiger partial charge in [-0.3, -0.25) is 9.69 Å². The van der Waals surface area contributed by atoms with Crippen molar-refractivity contribution >= 4 is 5.91 Å². The van der Waals surface area contributed by atoms with E-state index in [-0.39, 0.29) is 24.9 Å². The van der Waals surface area contributed by atoms with Crippen molar-refractivity contribution in [3.63, 3.8) is 0 Å². The molecule has 0 aliphatic carbocycles. The van der Waals surface area contributed by atoms with Gasteiger partial charge in [-0.25, -0.2) is 0 Å². The number of nitrogens with zero attached hydrogens (tertiary/aromatic N) is 3. The van der Waals surface area contributed by atoms with Gasteiger partial charge in [-0.2, -0.15) is 18.2 Å². The summed E-state index contributed by atoms with van der Waals surface area (Å²) in [6, 6.07) is 0. The highest BCUT2D eigenvalue weighted by Gasteiger charge is 2.44. The van der Waals surface area contributed by atoms with Gasteiger partial charge >= 0.3 is 6.18 Å². The second kappa shape index (κ2) is 7.75. The van der Waals surface area contributed by atoms with Crippen LogP contribution in [0.15, 0.2) is 4.52 Å². The van der Waals surface area contributed by atoms with Gasteiger partial charge < -0.3 is 14.6 Å². The Morgan fingerprint density at radius 3 is 2.67 bits per heavy atom. The topological polar surface area (TPSA) is 80.5 Å². The first kappa shape index (κ1) is 20.1. The highest BCUT2D eigenvalue weighted by molar-refractivity contribution is 5.80. The Balaban J connectivity index is 1.70. The van der Waals surface area contributed by atoms with E-state index in [1.54, 1.807) is 0 Å². The van der Waals surface area contributed by atoms with E-state index in [1.165, 1.54) is 4.90 Å². The Morgan fingerprint density at radius 1 is 1.37 bits per heavy atom. The van der Waals surface area contributed by atoms with Crippen LogP contribution >= 0.6 is 0 Å². The van der Waals surface area contributed by atoms with E-state index < -0.39 is 24.2 Å². The van der Waals surface area contributed by atoms with Crippen molar-refractivity contribution in [2.75, 3.05) is 32.8 Å². The van der Waals surface area contributed by atoms with E-state index in [4.69, 9.17) is 9.26 Å². The third-order valence-electron chi connectivity index (χ3n) is 5.12. The molecule has 2 fully saturated rings. The largest absolute Gasteiger partial charge is 0.401 e. The van der Waals surface area contributed by atoms with E-state index in [2.05, 4.69) is 15.5 Å². The molecule has 0 bridgehead atoms. The number of hydrogen-bond donors (Lipinski definition) is 1. The smallest absolute Gasteiger partial charge is 0.381 e.